The van der Waals surface area contributed by atoms with E-state index >= 15 is 0 Å². The van der Waals surface area contributed by atoms with Gasteiger partial charge in [0.2, 0.25) is 0 Å². The van der Waals surface area contributed by atoms with Crippen molar-refractivity contribution in [2.75, 3.05) is 11.9 Å². The van der Waals surface area contributed by atoms with Crippen LogP contribution in [0.15, 0.2) is 18.2 Å². The zero-order chi connectivity index (χ0) is 11.1. The summed E-state index contributed by atoms with van der Waals surface area (Å²) in [5.74, 6) is -0.339. The minimum Gasteiger partial charge on any atom is -0.484 e. The van der Waals surface area contributed by atoms with Gasteiger partial charge in [-0.3, -0.25) is 0 Å². The third-order valence-corrected chi connectivity index (χ3v) is 2.33. The van der Waals surface area contributed by atoms with Crippen LogP contribution in [0.3, 0.4) is 0 Å². The largest absolute Gasteiger partial charge is 0.484 e. The molecule has 0 unspecified atom stereocenters. The van der Waals surface area contributed by atoms with Crippen LogP contribution in [0, 0.1) is 0 Å². The van der Waals surface area contributed by atoms with Gasteiger partial charge in [-0.25, -0.2) is 4.79 Å². The molecule has 0 atom stereocenters. The first kappa shape index (κ1) is 9.83. The highest BCUT2D eigenvalue weighted by Crippen LogP contribution is 2.35. The summed E-state index contributed by atoms with van der Waals surface area (Å²) in [6.07, 6.45) is 0. The first-order valence-electron chi connectivity index (χ1n) is 4.79. The minimum atomic E-state index is -0.942. The summed E-state index contributed by atoms with van der Waals surface area (Å²) in [6, 6.07) is 5.02. The molecule has 1 aromatic carbocycles. The molecule has 1 heterocycles. The number of ether oxygens (including phenoxy) is 1. The Bertz CT molecular complexity index is 412. The second kappa shape index (κ2) is 3.15. The maximum Gasteiger partial charge on any atom is 0.337 e. The summed E-state index contributed by atoms with van der Waals surface area (Å²) < 4.78 is 5.68. The van der Waals surface area contributed by atoms with E-state index in [-0.39, 0.29) is 11.2 Å². The van der Waals surface area contributed by atoms with Crippen LogP contribution in [0.2, 0.25) is 0 Å². The van der Waals surface area contributed by atoms with Gasteiger partial charge in [0.1, 0.15) is 11.4 Å². The van der Waals surface area contributed by atoms with Crippen LogP contribution < -0.4 is 10.1 Å². The number of fused-ring (bicyclic) bond motifs is 1. The second-order valence-electron chi connectivity index (χ2n) is 4.20. The van der Waals surface area contributed by atoms with Gasteiger partial charge in [0.25, 0.3) is 0 Å². The van der Waals surface area contributed by atoms with E-state index in [0.717, 1.165) is 0 Å². The van der Waals surface area contributed by atoms with E-state index in [4.69, 9.17) is 9.84 Å². The Balaban J connectivity index is 2.47. The number of hydrogen-bond acceptors (Lipinski definition) is 3. The molecule has 0 amide bonds. The number of hydrogen-bond donors (Lipinski definition) is 2. The fraction of sp³-hybridized carbons (Fsp3) is 0.364. The van der Waals surface area contributed by atoms with Crippen molar-refractivity contribution >= 4 is 11.7 Å². The van der Waals surface area contributed by atoms with Gasteiger partial charge in [-0.2, -0.15) is 0 Å². The van der Waals surface area contributed by atoms with Crippen LogP contribution in [-0.2, 0) is 0 Å². The molecule has 0 bridgehead atoms. The van der Waals surface area contributed by atoms with Crippen LogP contribution in [0.25, 0.3) is 0 Å². The zero-order valence-corrected chi connectivity index (χ0v) is 8.70. The van der Waals surface area contributed by atoms with Gasteiger partial charge in [-0.05, 0) is 26.0 Å². The Morgan fingerprint density at radius 3 is 2.93 bits per heavy atom. The fourth-order valence-electron chi connectivity index (χ4n) is 1.61. The first-order chi connectivity index (χ1) is 6.99. The molecule has 0 fully saturated rings. The molecule has 80 valence electrons. The highest BCUT2D eigenvalue weighted by atomic mass is 16.5. The second-order valence-corrected chi connectivity index (χ2v) is 4.20. The predicted octanol–water partition coefficient (Wildman–Crippen LogP) is 1.97. The average molecular weight is 207 g/mol. The van der Waals surface area contributed by atoms with E-state index in [0.29, 0.717) is 18.0 Å². The fourth-order valence-corrected chi connectivity index (χ4v) is 1.61. The van der Waals surface area contributed by atoms with Crippen LogP contribution in [0.1, 0.15) is 24.2 Å². The van der Waals surface area contributed by atoms with Crippen molar-refractivity contribution in [1.29, 1.82) is 0 Å². The van der Waals surface area contributed by atoms with Gasteiger partial charge >= 0.3 is 5.97 Å². The Morgan fingerprint density at radius 2 is 2.27 bits per heavy atom. The lowest BCUT2D eigenvalue weighted by Crippen LogP contribution is -2.40. The summed E-state index contributed by atoms with van der Waals surface area (Å²) in [6.45, 7) is 4.51. The van der Waals surface area contributed by atoms with Crippen LogP contribution in [-0.4, -0.2) is 23.2 Å². The lowest BCUT2D eigenvalue weighted by Gasteiger charge is -2.34. The molecule has 2 N–H and O–H groups in total. The summed E-state index contributed by atoms with van der Waals surface area (Å²) >= 11 is 0. The lowest BCUT2D eigenvalue weighted by molar-refractivity contribution is 0.0693. The molecule has 2 rings (SSSR count). The summed E-state index contributed by atoms with van der Waals surface area (Å²) in [5, 5.41) is 12.1. The van der Waals surface area contributed by atoms with Gasteiger partial charge in [0.15, 0.2) is 0 Å². The SMILES string of the molecule is CC1(C)CNc2c(cccc2C(=O)O)O1. The highest BCUT2D eigenvalue weighted by molar-refractivity contribution is 5.96. The quantitative estimate of drug-likeness (QED) is 0.739. The number of rotatable bonds is 1. The lowest BCUT2D eigenvalue weighted by atomic mass is 10.0. The third kappa shape index (κ3) is 1.75. The highest BCUT2D eigenvalue weighted by Gasteiger charge is 2.28. The van der Waals surface area contributed by atoms with E-state index in [1.165, 1.54) is 0 Å². The van der Waals surface area contributed by atoms with Crippen molar-refractivity contribution in [3.63, 3.8) is 0 Å². The molecule has 1 aliphatic heterocycles. The molecule has 0 aliphatic carbocycles. The average Bonchev–Trinajstić information content (AvgIpc) is 2.14. The van der Waals surface area contributed by atoms with E-state index in [1.54, 1.807) is 18.2 Å². The normalized spacial score (nSPS) is 17.2. The molecule has 0 saturated heterocycles. The Labute approximate surface area is 87.9 Å². The molecule has 0 spiro atoms. The van der Waals surface area contributed by atoms with Crippen molar-refractivity contribution in [3.05, 3.63) is 23.8 Å². The van der Waals surface area contributed by atoms with Gasteiger partial charge < -0.3 is 15.2 Å². The molecule has 4 nitrogen and oxygen atoms in total. The van der Waals surface area contributed by atoms with E-state index in [1.807, 2.05) is 13.8 Å². The van der Waals surface area contributed by atoms with Crippen LogP contribution in [0.5, 0.6) is 5.75 Å². The summed E-state index contributed by atoms with van der Waals surface area (Å²) in [4.78, 5) is 10.9. The first-order valence-corrected chi connectivity index (χ1v) is 4.79. The van der Waals surface area contributed by atoms with E-state index < -0.39 is 5.97 Å². The molecule has 0 saturated carbocycles. The van der Waals surface area contributed by atoms with Gasteiger partial charge in [-0.15, -0.1) is 0 Å². The third-order valence-electron chi connectivity index (χ3n) is 2.33. The van der Waals surface area contributed by atoms with Crippen molar-refractivity contribution in [3.8, 4) is 5.75 Å². The number of nitrogens with one attached hydrogen (secondary N) is 1. The number of aromatic carboxylic acids is 1. The van der Waals surface area contributed by atoms with Crippen LogP contribution >= 0.6 is 0 Å². The molecule has 15 heavy (non-hydrogen) atoms. The maximum absolute atomic E-state index is 10.9. The molecule has 0 aromatic heterocycles. The number of carbonyl (C=O) groups is 1. The minimum absolute atomic E-state index is 0.253. The maximum atomic E-state index is 10.9. The standard InChI is InChI=1S/C11H13NO3/c1-11(2)6-12-9-7(10(13)14)4-3-5-8(9)15-11/h3-5,12H,6H2,1-2H3,(H,13,14). The van der Waals surface area contributed by atoms with Crippen molar-refractivity contribution in [2.24, 2.45) is 0 Å². The monoisotopic (exact) mass is 207 g/mol. The molecule has 1 aromatic rings. The van der Waals surface area contributed by atoms with Gasteiger partial charge in [0, 0.05) is 0 Å². The topological polar surface area (TPSA) is 58.6 Å². The zero-order valence-electron chi connectivity index (χ0n) is 8.70. The molecule has 1 aliphatic rings. The van der Waals surface area contributed by atoms with Crippen molar-refractivity contribution in [1.82, 2.24) is 0 Å². The number of benzene rings is 1. The number of anilines is 1. The number of carboxylic acid groups (broad SMARTS) is 1. The molecule has 0 radical (unpaired) electrons. The van der Waals surface area contributed by atoms with Crippen LogP contribution in [0.4, 0.5) is 5.69 Å². The molecular formula is C11H13NO3. The molecular weight excluding hydrogens is 194 g/mol. The smallest absolute Gasteiger partial charge is 0.337 e. The summed E-state index contributed by atoms with van der Waals surface area (Å²) in [7, 11) is 0. The predicted molar refractivity (Wildman–Crippen MR) is 56.6 cm³/mol. The summed E-state index contributed by atoms with van der Waals surface area (Å²) in [5.41, 5.74) is 0.525. The van der Waals surface area contributed by atoms with Gasteiger partial charge in [0.05, 0.1) is 17.8 Å². The number of para-hydroxylation sites is 1. The Morgan fingerprint density at radius 1 is 1.53 bits per heavy atom. The van der Waals surface area contributed by atoms with E-state index in [9.17, 15) is 4.79 Å². The molecule has 4 heteroatoms. The van der Waals surface area contributed by atoms with Crippen molar-refractivity contribution in [2.45, 2.75) is 19.4 Å². The Kier molecular flexibility index (Phi) is 2.07. The van der Waals surface area contributed by atoms with Crippen molar-refractivity contribution < 1.29 is 14.6 Å². The Hall–Kier alpha value is -1.71. The van der Waals surface area contributed by atoms with Gasteiger partial charge in [-0.1, -0.05) is 6.07 Å². The number of carboxylic acids is 1. The van der Waals surface area contributed by atoms with E-state index in [2.05, 4.69) is 5.32 Å².